The molecule has 0 bridgehead atoms. The third-order valence-corrected chi connectivity index (χ3v) is 3.78. The Morgan fingerprint density at radius 1 is 1.30 bits per heavy atom. The molecule has 0 amide bonds. The standard InChI is InChI=1S/C14H14N2O3S/c1-8-6-4-5-7-10(8)15-14-16-11(13(18)19-3)12(20-14)9(2)17/h4-7H,1-3H3,(H,15,16). The fraction of sp³-hybridized carbons (Fsp3) is 0.214. The van der Waals surface area contributed by atoms with E-state index in [4.69, 9.17) is 0 Å². The smallest absolute Gasteiger partial charge is 0.358 e. The second-order valence-electron chi connectivity index (χ2n) is 4.18. The highest BCUT2D eigenvalue weighted by molar-refractivity contribution is 7.17. The van der Waals surface area contributed by atoms with Gasteiger partial charge in [0, 0.05) is 12.6 Å². The van der Waals surface area contributed by atoms with Gasteiger partial charge in [-0.3, -0.25) is 4.79 Å². The first-order valence-corrected chi connectivity index (χ1v) is 6.77. The van der Waals surface area contributed by atoms with E-state index < -0.39 is 5.97 Å². The molecule has 6 heteroatoms. The molecule has 0 saturated carbocycles. The summed E-state index contributed by atoms with van der Waals surface area (Å²) in [7, 11) is 1.26. The maximum absolute atomic E-state index is 11.6. The van der Waals surface area contributed by atoms with Crippen LogP contribution in [0.1, 0.15) is 32.6 Å². The van der Waals surface area contributed by atoms with Crippen LogP contribution in [0.5, 0.6) is 0 Å². The van der Waals surface area contributed by atoms with Crippen LogP contribution >= 0.6 is 11.3 Å². The Balaban J connectivity index is 2.37. The first kappa shape index (κ1) is 14.2. The van der Waals surface area contributed by atoms with Crippen LogP contribution in [0.3, 0.4) is 0 Å². The summed E-state index contributed by atoms with van der Waals surface area (Å²) >= 11 is 1.14. The van der Waals surface area contributed by atoms with Crippen molar-refractivity contribution >= 4 is 33.9 Å². The van der Waals surface area contributed by atoms with E-state index in [-0.39, 0.29) is 11.5 Å². The molecule has 0 spiro atoms. The molecule has 20 heavy (non-hydrogen) atoms. The van der Waals surface area contributed by atoms with E-state index in [1.54, 1.807) is 0 Å². The molecule has 0 atom stereocenters. The van der Waals surface area contributed by atoms with Crippen LogP contribution in [0.4, 0.5) is 10.8 Å². The Bertz CT molecular complexity index is 664. The summed E-state index contributed by atoms with van der Waals surface area (Å²) in [5.41, 5.74) is 1.99. The summed E-state index contributed by atoms with van der Waals surface area (Å²) in [6.07, 6.45) is 0. The van der Waals surface area contributed by atoms with Gasteiger partial charge in [-0.05, 0) is 18.6 Å². The van der Waals surface area contributed by atoms with Gasteiger partial charge in [0.1, 0.15) is 4.88 Å². The molecule has 1 heterocycles. The van der Waals surface area contributed by atoms with Crippen molar-refractivity contribution in [2.24, 2.45) is 0 Å². The number of methoxy groups -OCH3 is 1. The van der Waals surface area contributed by atoms with E-state index >= 15 is 0 Å². The lowest BCUT2D eigenvalue weighted by atomic mass is 10.2. The minimum Gasteiger partial charge on any atom is -0.464 e. The maximum atomic E-state index is 11.6. The summed E-state index contributed by atoms with van der Waals surface area (Å²) < 4.78 is 4.64. The van der Waals surface area contributed by atoms with Crippen molar-refractivity contribution in [1.29, 1.82) is 0 Å². The average Bonchev–Trinajstić information content (AvgIpc) is 2.85. The van der Waals surface area contributed by atoms with Gasteiger partial charge in [-0.15, -0.1) is 0 Å². The van der Waals surface area contributed by atoms with Gasteiger partial charge in [0.25, 0.3) is 0 Å². The Hall–Kier alpha value is -2.21. The fourth-order valence-electron chi connectivity index (χ4n) is 1.68. The van der Waals surface area contributed by atoms with Gasteiger partial charge in [-0.2, -0.15) is 0 Å². The molecule has 104 valence electrons. The number of rotatable bonds is 4. The van der Waals surface area contributed by atoms with E-state index in [9.17, 15) is 9.59 Å². The zero-order valence-electron chi connectivity index (χ0n) is 11.4. The van der Waals surface area contributed by atoms with E-state index in [0.29, 0.717) is 10.0 Å². The molecule has 1 aromatic heterocycles. The third-order valence-electron chi connectivity index (χ3n) is 2.71. The van der Waals surface area contributed by atoms with E-state index in [2.05, 4.69) is 15.0 Å². The zero-order chi connectivity index (χ0) is 14.7. The molecule has 5 nitrogen and oxygen atoms in total. The number of hydrogen-bond donors (Lipinski definition) is 1. The van der Waals surface area contributed by atoms with Crippen molar-refractivity contribution in [3.63, 3.8) is 0 Å². The lowest BCUT2D eigenvalue weighted by Gasteiger charge is -2.05. The highest BCUT2D eigenvalue weighted by Crippen LogP contribution is 2.28. The molecular weight excluding hydrogens is 276 g/mol. The van der Waals surface area contributed by atoms with Gasteiger partial charge in [0.2, 0.25) is 0 Å². The number of ketones is 1. The molecule has 0 fully saturated rings. The number of nitrogens with zero attached hydrogens (tertiary/aromatic N) is 1. The number of carbonyl (C=O) groups excluding carboxylic acids is 2. The molecule has 0 radical (unpaired) electrons. The van der Waals surface area contributed by atoms with Crippen molar-refractivity contribution in [2.75, 3.05) is 12.4 Å². The number of carbonyl (C=O) groups is 2. The van der Waals surface area contributed by atoms with Crippen molar-refractivity contribution in [3.8, 4) is 0 Å². The number of benzene rings is 1. The quantitative estimate of drug-likeness (QED) is 0.692. The summed E-state index contributed by atoms with van der Waals surface area (Å²) in [4.78, 5) is 27.6. The van der Waals surface area contributed by atoms with Gasteiger partial charge in [0.15, 0.2) is 16.6 Å². The second kappa shape index (κ2) is 5.83. The van der Waals surface area contributed by atoms with Crippen LogP contribution < -0.4 is 5.32 Å². The number of Topliss-reactive ketones (excluding diaryl/α,β-unsaturated/α-hetero) is 1. The molecule has 2 rings (SSSR count). The Kier molecular flexibility index (Phi) is 4.14. The summed E-state index contributed by atoms with van der Waals surface area (Å²) in [5, 5.41) is 3.60. The number of anilines is 2. The number of hydrogen-bond acceptors (Lipinski definition) is 6. The summed E-state index contributed by atoms with van der Waals surface area (Å²) in [5.74, 6) is -0.815. The largest absolute Gasteiger partial charge is 0.464 e. The number of aromatic nitrogens is 1. The van der Waals surface area contributed by atoms with Gasteiger partial charge in [-0.25, -0.2) is 9.78 Å². The Morgan fingerprint density at radius 2 is 2.00 bits per heavy atom. The number of para-hydroxylation sites is 1. The van der Waals surface area contributed by atoms with Gasteiger partial charge >= 0.3 is 5.97 Å². The molecule has 0 aliphatic rings. The van der Waals surface area contributed by atoms with E-state index in [1.165, 1.54) is 14.0 Å². The first-order valence-electron chi connectivity index (χ1n) is 5.95. The van der Waals surface area contributed by atoms with Crippen LogP contribution in [-0.2, 0) is 4.74 Å². The topological polar surface area (TPSA) is 68.3 Å². The van der Waals surface area contributed by atoms with Gasteiger partial charge < -0.3 is 10.1 Å². The minimum atomic E-state index is -0.607. The predicted molar refractivity (Wildman–Crippen MR) is 77.9 cm³/mol. The molecular formula is C14H14N2O3S. The molecule has 0 aliphatic carbocycles. The van der Waals surface area contributed by atoms with Gasteiger partial charge in [0.05, 0.1) is 7.11 Å². The van der Waals surface area contributed by atoms with Crippen molar-refractivity contribution in [1.82, 2.24) is 4.98 Å². The SMILES string of the molecule is COC(=O)c1nc(Nc2ccccc2C)sc1C(C)=O. The lowest BCUT2D eigenvalue weighted by Crippen LogP contribution is -2.07. The minimum absolute atomic E-state index is 0.0566. The first-order chi connectivity index (χ1) is 9.52. The second-order valence-corrected chi connectivity index (χ2v) is 5.18. The molecule has 1 N–H and O–H groups in total. The van der Waals surface area contributed by atoms with Crippen molar-refractivity contribution < 1.29 is 14.3 Å². The number of nitrogens with one attached hydrogen (secondary N) is 1. The Morgan fingerprint density at radius 3 is 2.60 bits per heavy atom. The zero-order valence-corrected chi connectivity index (χ0v) is 12.2. The van der Waals surface area contributed by atoms with Crippen LogP contribution in [0, 0.1) is 6.92 Å². The maximum Gasteiger partial charge on any atom is 0.358 e. The lowest BCUT2D eigenvalue weighted by molar-refractivity contribution is 0.0591. The summed E-state index contributed by atoms with van der Waals surface area (Å²) in [6, 6.07) is 7.70. The molecule has 0 saturated heterocycles. The van der Waals surface area contributed by atoms with Gasteiger partial charge in [-0.1, -0.05) is 29.5 Å². The van der Waals surface area contributed by atoms with Crippen LogP contribution in [-0.4, -0.2) is 23.8 Å². The molecule has 0 aliphatic heterocycles. The van der Waals surface area contributed by atoms with E-state index in [0.717, 1.165) is 22.6 Å². The van der Waals surface area contributed by atoms with Crippen molar-refractivity contribution in [2.45, 2.75) is 13.8 Å². The molecule has 1 aromatic carbocycles. The molecule has 0 unspecified atom stereocenters. The normalized spacial score (nSPS) is 10.2. The molecule has 2 aromatic rings. The monoisotopic (exact) mass is 290 g/mol. The van der Waals surface area contributed by atoms with Crippen LogP contribution in [0.2, 0.25) is 0 Å². The highest BCUT2D eigenvalue weighted by Gasteiger charge is 2.21. The van der Waals surface area contributed by atoms with Crippen LogP contribution in [0.25, 0.3) is 0 Å². The number of thiazole rings is 1. The predicted octanol–water partition coefficient (Wildman–Crippen LogP) is 3.18. The highest BCUT2D eigenvalue weighted by atomic mass is 32.1. The third kappa shape index (κ3) is 2.85. The number of esters is 1. The average molecular weight is 290 g/mol. The van der Waals surface area contributed by atoms with Crippen molar-refractivity contribution in [3.05, 3.63) is 40.4 Å². The fourth-order valence-corrected chi connectivity index (χ4v) is 2.54. The van der Waals surface area contributed by atoms with E-state index in [1.807, 2.05) is 31.2 Å². The number of aryl methyl sites for hydroxylation is 1. The van der Waals surface area contributed by atoms with Crippen LogP contribution in [0.15, 0.2) is 24.3 Å². The Labute approximate surface area is 120 Å². The summed E-state index contributed by atoms with van der Waals surface area (Å²) in [6.45, 7) is 3.36. The number of ether oxygens (including phenoxy) is 1.